The number of cyclic esters (lactones) is 1. The summed E-state index contributed by atoms with van der Waals surface area (Å²) in [5.41, 5.74) is 2.80. The van der Waals surface area contributed by atoms with E-state index in [-0.39, 0.29) is 24.1 Å². The molecule has 0 saturated heterocycles. The summed E-state index contributed by atoms with van der Waals surface area (Å²) in [5, 5.41) is 0. The van der Waals surface area contributed by atoms with Crippen LogP contribution < -0.4 is 9.47 Å². The summed E-state index contributed by atoms with van der Waals surface area (Å²) in [4.78, 5) is 27.2. The molecule has 32 heavy (non-hydrogen) atoms. The van der Waals surface area contributed by atoms with Gasteiger partial charge in [0.05, 0.1) is 12.1 Å². The first kappa shape index (κ1) is 20.1. The maximum Gasteiger partial charge on any atom is 0.339 e. The second-order valence-electron chi connectivity index (χ2n) is 8.06. The van der Waals surface area contributed by atoms with Crippen molar-refractivity contribution in [3.05, 3.63) is 95.1 Å². The van der Waals surface area contributed by atoms with E-state index in [0.717, 1.165) is 11.1 Å². The van der Waals surface area contributed by atoms with Gasteiger partial charge in [0.2, 0.25) is 0 Å². The quantitative estimate of drug-likeness (QED) is 0.586. The highest BCUT2D eigenvalue weighted by Crippen LogP contribution is 2.32. The molecule has 0 saturated carbocycles. The largest absolute Gasteiger partial charge is 0.486 e. The molecule has 0 spiro atoms. The van der Waals surface area contributed by atoms with Crippen molar-refractivity contribution >= 4 is 11.9 Å². The lowest BCUT2D eigenvalue weighted by molar-refractivity contribution is 0.0252. The molecule has 0 N–H and O–H groups in total. The smallest absolute Gasteiger partial charge is 0.339 e. The van der Waals surface area contributed by atoms with Gasteiger partial charge in [-0.2, -0.15) is 0 Å². The summed E-state index contributed by atoms with van der Waals surface area (Å²) in [6.07, 6.45) is -0.0761. The SMILES string of the molecule is CN(C[C@H]1COc2ccccc2O1)C(=O)c1ccc2c(c1)C[C@@H](c1ccccc1)OC2=O. The van der Waals surface area contributed by atoms with E-state index in [1.165, 1.54) is 0 Å². The van der Waals surface area contributed by atoms with Crippen LogP contribution in [0.15, 0.2) is 72.8 Å². The zero-order valence-electron chi connectivity index (χ0n) is 17.7. The molecule has 0 fully saturated rings. The summed E-state index contributed by atoms with van der Waals surface area (Å²) >= 11 is 0. The minimum absolute atomic E-state index is 0.134. The Morgan fingerprint density at radius 3 is 2.53 bits per heavy atom. The molecule has 0 aliphatic carbocycles. The topological polar surface area (TPSA) is 65.1 Å². The third kappa shape index (κ3) is 3.91. The number of likely N-dealkylation sites (N-methyl/N-ethyl adjacent to an activating group) is 1. The summed E-state index contributed by atoms with van der Waals surface area (Å²) in [6.45, 7) is 0.766. The summed E-state index contributed by atoms with van der Waals surface area (Å²) in [7, 11) is 1.74. The van der Waals surface area contributed by atoms with Gasteiger partial charge in [-0.05, 0) is 41.5 Å². The molecular formula is C26H23NO5. The number of amides is 1. The maximum absolute atomic E-state index is 13.1. The summed E-state index contributed by atoms with van der Waals surface area (Å²) < 4.78 is 17.3. The van der Waals surface area contributed by atoms with E-state index >= 15 is 0 Å². The monoisotopic (exact) mass is 429 g/mol. The highest BCUT2D eigenvalue weighted by molar-refractivity contribution is 5.97. The van der Waals surface area contributed by atoms with Gasteiger partial charge in [0, 0.05) is 19.0 Å². The van der Waals surface area contributed by atoms with Crippen molar-refractivity contribution in [1.82, 2.24) is 4.90 Å². The zero-order valence-corrected chi connectivity index (χ0v) is 17.7. The number of nitrogens with zero attached hydrogens (tertiary/aromatic N) is 1. The highest BCUT2D eigenvalue weighted by atomic mass is 16.6. The molecule has 162 valence electrons. The van der Waals surface area contributed by atoms with Crippen molar-refractivity contribution in [2.24, 2.45) is 0 Å². The Labute approximate surface area is 186 Å². The predicted octanol–water partition coefficient (Wildman–Crippen LogP) is 4.05. The molecule has 5 rings (SSSR count). The second-order valence-corrected chi connectivity index (χ2v) is 8.06. The fourth-order valence-electron chi connectivity index (χ4n) is 4.14. The minimum Gasteiger partial charge on any atom is -0.486 e. The van der Waals surface area contributed by atoms with E-state index in [4.69, 9.17) is 14.2 Å². The van der Waals surface area contributed by atoms with Crippen LogP contribution in [0.4, 0.5) is 0 Å². The standard InChI is InChI=1S/C26H23NO5/c1-27(15-20-16-30-22-9-5-6-10-23(22)31-20)25(28)18-11-12-21-19(13-18)14-24(32-26(21)29)17-7-3-2-4-8-17/h2-13,20,24H,14-16H2,1H3/t20-,24-/m0/s1. The van der Waals surface area contributed by atoms with E-state index in [1.807, 2.05) is 54.6 Å². The first-order chi connectivity index (χ1) is 15.6. The first-order valence-electron chi connectivity index (χ1n) is 10.6. The second kappa shape index (κ2) is 8.38. The van der Waals surface area contributed by atoms with Crippen LogP contribution in [0.1, 0.15) is 37.9 Å². The Kier molecular flexibility index (Phi) is 5.27. The number of esters is 1. The third-order valence-corrected chi connectivity index (χ3v) is 5.79. The van der Waals surface area contributed by atoms with Crippen LogP contribution in [0.3, 0.4) is 0 Å². The van der Waals surface area contributed by atoms with Gasteiger partial charge < -0.3 is 19.1 Å². The van der Waals surface area contributed by atoms with E-state index in [9.17, 15) is 9.59 Å². The molecule has 0 radical (unpaired) electrons. The van der Waals surface area contributed by atoms with E-state index in [0.29, 0.717) is 42.2 Å². The first-order valence-corrected chi connectivity index (χ1v) is 10.6. The fraction of sp³-hybridized carbons (Fsp3) is 0.231. The van der Waals surface area contributed by atoms with Crippen LogP contribution in [0, 0.1) is 0 Å². The van der Waals surface area contributed by atoms with Crippen LogP contribution in [0.2, 0.25) is 0 Å². The Morgan fingerprint density at radius 1 is 0.969 bits per heavy atom. The molecular weight excluding hydrogens is 406 g/mol. The molecule has 0 bridgehead atoms. The molecule has 0 aromatic heterocycles. The zero-order chi connectivity index (χ0) is 22.1. The Hall–Kier alpha value is -3.80. The summed E-state index contributed by atoms with van der Waals surface area (Å²) in [6, 6.07) is 22.3. The van der Waals surface area contributed by atoms with Gasteiger partial charge in [-0.15, -0.1) is 0 Å². The van der Waals surface area contributed by atoms with Gasteiger partial charge in [-0.1, -0.05) is 42.5 Å². The lowest BCUT2D eigenvalue weighted by Crippen LogP contribution is -2.41. The van der Waals surface area contributed by atoms with Crippen molar-refractivity contribution in [1.29, 1.82) is 0 Å². The van der Waals surface area contributed by atoms with Gasteiger partial charge in [0.15, 0.2) is 17.6 Å². The highest BCUT2D eigenvalue weighted by Gasteiger charge is 2.29. The molecule has 2 aliphatic rings. The number of rotatable bonds is 4. The lowest BCUT2D eigenvalue weighted by Gasteiger charge is -2.30. The van der Waals surface area contributed by atoms with Crippen molar-refractivity contribution in [2.45, 2.75) is 18.6 Å². The molecule has 2 heterocycles. The van der Waals surface area contributed by atoms with E-state index in [1.54, 1.807) is 30.1 Å². The average Bonchev–Trinajstić information content (AvgIpc) is 2.83. The number of benzene rings is 3. The number of carbonyl (C=O) groups excluding carboxylic acids is 2. The lowest BCUT2D eigenvalue weighted by atomic mass is 9.93. The number of fused-ring (bicyclic) bond motifs is 2. The number of hydrogen-bond donors (Lipinski definition) is 0. The molecule has 6 heteroatoms. The maximum atomic E-state index is 13.1. The molecule has 2 aliphatic heterocycles. The third-order valence-electron chi connectivity index (χ3n) is 5.79. The van der Waals surface area contributed by atoms with Gasteiger partial charge in [0.1, 0.15) is 12.7 Å². The molecule has 2 atom stereocenters. The van der Waals surface area contributed by atoms with Crippen molar-refractivity contribution < 1.29 is 23.8 Å². The van der Waals surface area contributed by atoms with Crippen LogP contribution in [-0.2, 0) is 11.2 Å². The molecule has 0 unspecified atom stereocenters. The molecule has 3 aromatic rings. The normalized spacial score (nSPS) is 19.0. The minimum atomic E-state index is -0.362. The van der Waals surface area contributed by atoms with Crippen LogP contribution in [0.25, 0.3) is 0 Å². The molecule has 3 aromatic carbocycles. The van der Waals surface area contributed by atoms with Crippen LogP contribution in [-0.4, -0.2) is 43.1 Å². The molecule has 6 nitrogen and oxygen atoms in total. The van der Waals surface area contributed by atoms with Gasteiger partial charge in [-0.25, -0.2) is 4.79 Å². The van der Waals surface area contributed by atoms with Gasteiger partial charge >= 0.3 is 5.97 Å². The number of hydrogen-bond acceptors (Lipinski definition) is 5. The average molecular weight is 429 g/mol. The van der Waals surface area contributed by atoms with Crippen molar-refractivity contribution in [3.63, 3.8) is 0 Å². The number of carbonyl (C=O) groups is 2. The summed E-state index contributed by atoms with van der Waals surface area (Å²) in [5.74, 6) is 0.903. The Balaban J connectivity index is 1.30. The van der Waals surface area contributed by atoms with Gasteiger partial charge in [0.25, 0.3) is 5.91 Å². The number of para-hydroxylation sites is 2. The van der Waals surface area contributed by atoms with E-state index < -0.39 is 0 Å². The van der Waals surface area contributed by atoms with Crippen molar-refractivity contribution in [3.8, 4) is 11.5 Å². The fourth-order valence-corrected chi connectivity index (χ4v) is 4.14. The van der Waals surface area contributed by atoms with E-state index in [2.05, 4.69) is 0 Å². The van der Waals surface area contributed by atoms with Crippen molar-refractivity contribution in [2.75, 3.05) is 20.2 Å². The number of ether oxygens (including phenoxy) is 3. The van der Waals surface area contributed by atoms with Gasteiger partial charge in [-0.3, -0.25) is 4.79 Å². The van der Waals surface area contributed by atoms with Crippen LogP contribution in [0.5, 0.6) is 11.5 Å². The predicted molar refractivity (Wildman–Crippen MR) is 118 cm³/mol. The molecule has 1 amide bonds. The Bertz CT molecular complexity index is 1160. The van der Waals surface area contributed by atoms with Crippen LogP contribution >= 0.6 is 0 Å². The Morgan fingerprint density at radius 2 is 1.72 bits per heavy atom.